The maximum Gasteiger partial charge on any atom is 0.248 e. The van der Waals surface area contributed by atoms with Gasteiger partial charge < -0.3 is 11.1 Å². The maximum absolute atomic E-state index is 11.8. The van der Waals surface area contributed by atoms with Crippen LogP contribution in [0.2, 0.25) is 0 Å². The van der Waals surface area contributed by atoms with Crippen molar-refractivity contribution in [1.82, 2.24) is 15.3 Å². The van der Waals surface area contributed by atoms with Crippen molar-refractivity contribution in [2.45, 2.75) is 20.0 Å². The first kappa shape index (κ1) is 26.9. The number of carbonyl (C=O) groups is 1. The van der Waals surface area contributed by atoms with Crippen molar-refractivity contribution < 1.29 is 4.79 Å². The van der Waals surface area contributed by atoms with Crippen molar-refractivity contribution in [3.05, 3.63) is 150 Å². The number of nitrogens with two attached hydrogens (primary N) is 1. The number of fused-ring (bicyclic) bond motifs is 1. The average molecular weight is 550 g/mol. The fraction of sp³-hybridized carbons (Fsp3) is 0.0833. The molecule has 3 N–H and O–H groups in total. The predicted molar refractivity (Wildman–Crippen MR) is 170 cm³/mol. The molecule has 42 heavy (non-hydrogen) atoms. The Labute approximate surface area is 245 Å². The lowest BCUT2D eigenvalue weighted by atomic mass is 10.1. The van der Waals surface area contributed by atoms with E-state index in [0.29, 0.717) is 18.1 Å². The molecule has 0 radical (unpaired) electrons. The first-order valence-electron chi connectivity index (χ1n) is 13.9. The summed E-state index contributed by atoms with van der Waals surface area (Å²) in [5, 5.41) is 4.54. The number of hydrogen-bond acceptors (Lipinski definition) is 5. The Balaban J connectivity index is 1.47. The van der Waals surface area contributed by atoms with Gasteiger partial charge in [-0.1, -0.05) is 91.0 Å². The highest BCUT2D eigenvalue weighted by Crippen LogP contribution is 2.38. The smallest absolute Gasteiger partial charge is 0.248 e. The third-order valence-electron chi connectivity index (χ3n) is 7.26. The monoisotopic (exact) mass is 549 g/mol. The standard InChI is InChI=1S/C36H31N5O/c1-25-16-17-27(24-38-23-26-10-4-2-5-11-26)22-33(25)41(30-20-18-29(19-21-30)35(37)42)36-39-32-15-9-8-14-31(32)34(40-36)28-12-6-3-7-13-28/h2-22,38H,23-24H2,1H3,(H2,37,42). The average Bonchev–Trinajstić information content (AvgIpc) is 3.03. The Morgan fingerprint density at radius 1 is 0.738 bits per heavy atom. The molecule has 0 bridgehead atoms. The molecule has 0 atom stereocenters. The van der Waals surface area contributed by atoms with E-state index in [1.807, 2.05) is 54.6 Å². The van der Waals surface area contributed by atoms with Gasteiger partial charge >= 0.3 is 0 Å². The van der Waals surface area contributed by atoms with E-state index in [2.05, 4.69) is 77.8 Å². The van der Waals surface area contributed by atoms with E-state index in [4.69, 9.17) is 15.7 Å². The zero-order valence-electron chi connectivity index (χ0n) is 23.4. The second-order valence-electron chi connectivity index (χ2n) is 10.2. The molecule has 1 amide bonds. The van der Waals surface area contributed by atoms with Crippen LogP contribution in [0.1, 0.15) is 27.0 Å². The van der Waals surface area contributed by atoms with Gasteiger partial charge in [0.25, 0.3) is 0 Å². The van der Waals surface area contributed by atoms with Crippen molar-refractivity contribution in [1.29, 1.82) is 0 Å². The summed E-state index contributed by atoms with van der Waals surface area (Å²) < 4.78 is 0. The third-order valence-corrected chi connectivity index (χ3v) is 7.26. The van der Waals surface area contributed by atoms with E-state index in [9.17, 15) is 4.79 Å². The van der Waals surface area contributed by atoms with Gasteiger partial charge in [0.15, 0.2) is 0 Å². The molecule has 0 saturated carbocycles. The summed E-state index contributed by atoms with van der Waals surface area (Å²) in [5.41, 5.74) is 13.9. The minimum Gasteiger partial charge on any atom is -0.366 e. The van der Waals surface area contributed by atoms with Crippen molar-refractivity contribution in [3.8, 4) is 11.3 Å². The topological polar surface area (TPSA) is 84.1 Å². The fourth-order valence-corrected chi connectivity index (χ4v) is 5.07. The van der Waals surface area contributed by atoms with Crippen LogP contribution in [0.15, 0.2) is 127 Å². The van der Waals surface area contributed by atoms with Crippen LogP contribution in [-0.4, -0.2) is 15.9 Å². The van der Waals surface area contributed by atoms with Gasteiger partial charge in [-0.15, -0.1) is 0 Å². The fourth-order valence-electron chi connectivity index (χ4n) is 5.07. The number of primary amides is 1. The molecule has 6 aromatic rings. The van der Waals surface area contributed by atoms with Crippen LogP contribution in [0.25, 0.3) is 22.2 Å². The van der Waals surface area contributed by atoms with Gasteiger partial charge in [-0.2, -0.15) is 0 Å². The molecule has 0 saturated heterocycles. The summed E-state index contributed by atoms with van der Waals surface area (Å²) in [5.74, 6) is 0.0703. The van der Waals surface area contributed by atoms with Gasteiger partial charge in [-0.05, 0) is 60.0 Å². The Kier molecular flexibility index (Phi) is 7.70. The van der Waals surface area contributed by atoms with Crippen LogP contribution in [0.3, 0.4) is 0 Å². The highest BCUT2D eigenvalue weighted by Gasteiger charge is 2.21. The zero-order chi connectivity index (χ0) is 28.9. The quantitative estimate of drug-likeness (QED) is 0.196. The van der Waals surface area contributed by atoms with Crippen LogP contribution in [-0.2, 0) is 13.1 Å². The Morgan fingerprint density at radius 2 is 1.40 bits per heavy atom. The molecule has 0 fully saturated rings. The van der Waals surface area contributed by atoms with E-state index in [1.54, 1.807) is 12.1 Å². The van der Waals surface area contributed by atoms with Crippen molar-refractivity contribution in [3.63, 3.8) is 0 Å². The van der Waals surface area contributed by atoms with Gasteiger partial charge in [0.1, 0.15) is 0 Å². The molecular formula is C36H31N5O. The number of rotatable bonds is 9. The van der Waals surface area contributed by atoms with E-state index < -0.39 is 5.91 Å². The SMILES string of the molecule is Cc1ccc(CNCc2ccccc2)cc1N(c1ccc(C(N)=O)cc1)c1nc(-c2ccccc2)c2ccccc2n1. The Bertz CT molecular complexity index is 1840. The molecule has 1 aromatic heterocycles. The van der Waals surface area contributed by atoms with Crippen LogP contribution < -0.4 is 16.0 Å². The molecule has 6 nitrogen and oxygen atoms in total. The molecule has 0 spiro atoms. The lowest BCUT2D eigenvalue weighted by Crippen LogP contribution is -2.17. The molecular weight excluding hydrogens is 518 g/mol. The van der Waals surface area contributed by atoms with Crippen molar-refractivity contribution >= 4 is 34.1 Å². The zero-order valence-corrected chi connectivity index (χ0v) is 23.4. The third kappa shape index (κ3) is 5.75. The molecule has 6 rings (SSSR count). The highest BCUT2D eigenvalue weighted by molar-refractivity contribution is 5.95. The second-order valence-corrected chi connectivity index (χ2v) is 10.2. The Hall–Kier alpha value is -5.33. The first-order chi connectivity index (χ1) is 20.6. The van der Waals surface area contributed by atoms with Crippen LogP contribution in [0.5, 0.6) is 0 Å². The summed E-state index contributed by atoms with van der Waals surface area (Å²) in [6.45, 7) is 3.56. The largest absolute Gasteiger partial charge is 0.366 e. The van der Waals surface area contributed by atoms with Gasteiger partial charge in [0, 0.05) is 35.3 Å². The van der Waals surface area contributed by atoms with Gasteiger partial charge in [-0.3, -0.25) is 9.69 Å². The van der Waals surface area contributed by atoms with E-state index in [0.717, 1.165) is 51.2 Å². The number of hydrogen-bond donors (Lipinski definition) is 2. The van der Waals surface area contributed by atoms with Crippen molar-refractivity contribution in [2.24, 2.45) is 5.73 Å². The Morgan fingerprint density at radius 3 is 2.14 bits per heavy atom. The number of anilines is 3. The van der Waals surface area contributed by atoms with Crippen LogP contribution in [0, 0.1) is 6.92 Å². The normalized spacial score (nSPS) is 11.0. The number of aryl methyl sites for hydroxylation is 1. The molecule has 6 heteroatoms. The number of amides is 1. The predicted octanol–water partition coefficient (Wildman–Crippen LogP) is 7.46. The highest BCUT2D eigenvalue weighted by atomic mass is 16.1. The van der Waals surface area contributed by atoms with E-state index >= 15 is 0 Å². The van der Waals surface area contributed by atoms with Crippen LogP contribution in [0.4, 0.5) is 17.3 Å². The summed E-state index contributed by atoms with van der Waals surface area (Å²) in [6.07, 6.45) is 0. The molecule has 206 valence electrons. The second kappa shape index (κ2) is 12.0. The van der Waals surface area contributed by atoms with Crippen LogP contribution >= 0.6 is 0 Å². The molecule has 0 aliphatic rings. The number of para-hydroxylation sites is 1. The molecule has 5 aromatic carbocycles. The first-order valence-corrected chi connectivity index (χ1v) is 13.9. The summed E-state index contributed by atoms with van der Waals surface area (Å²) in [4.78, 5) is 24.1. The minimum absolute atomic E-state index is 0.443. The summed E-state index contributed by atoms with van der Waals surface area (Å²) >= 11 is 0. The summed E-state index contributed by atoms with van der Waals surface area (Å²) in [6, 6.07) is 42.3. The number of nitrogens with zero attached hydrogens (tertiary/aromatic N) is 3. The summed E-state index contributed by atoms with van der Waals surface area (Å²) in [7, 11) is 0. The number of benzene rings is 5. The molecule has 0 aliphatic heterocycles. The molecule has 0 aliphatic carbocycles. The molecule has 1 heterocycles. The lowest BCUT2D eigenvalue weighted by molar-refractivity contribution is 0.100. The van der Waals surface area contributed by atoms with Crippen molar-refractivity contribution in [2.75, 3.05) is 4.90 Å². The van der Waals surface area contributed by atoms with E-state index in [1.165, 1.54) is 5.56 Å². The van der Waals surface area contributed by atoms with Gasteiger partial charge in [0.2, 0.25) is 11.9 Å². The van der Waals surface area contributed by atoms with E-state index in [-0.39, 0.29) is 0 Å². The minimum atomic E-state index is -0.468. The number of carbonyl (C=O) groups excluding carboxylic acids is 1. The maximum atomic E-state index is 11.8. The number of aromatic nitrogens is 2. The van der Waals surface area contributed by atoms with Gasteiger partial charge in [-0.25, -0.2) is 9.97 Å². The molecule has 0 unspecified atom stereocenters. The number of nitrogens with one attached hydrogen (secondary N) is 1. The lowest BCUT2D eigenvalue weighted by Gasteiger charge is -2.26. The van der Waals surface area contributed by atoms with Gasteiger partial charge in [0.05, 0.1) is 16.9 Å².